The number of hydrogen-bond donors (Lipinski definition) is 0. The molecule has 0 fully saturated rings. The molecule has 0 N–H and O–H groups in total. The average Bonchev–Trinajstić information content (AvgIpc) is 1.53. The first-order valence-electron chi connectivity index (χ1n) is 3.43. The molecule has 0 heterocycles. The Morgan fingerprint density at radius 3 is 2.27 bits per heavy atom. The van der Waals surface area contributed by atoms with Crippen LogP contribution in [0.4, 0.5) is 0 Å². The van der Waals surface area contributed by atoms with E-state index in [2.05, 4.69) is 21.1 Å². The van der Waals surface area contributed by atoms with Crippen LogP contribution in [0.3, 0.4) is 0 Å². The topological polar surface area (TPSA) is 17.1 Å². The lowest BCUT2D eigenvalue weighted by molar-refractivity contribution is -0.868. The minimum absolute atomic E-state index is 0.0819. The largest absolute Gasteiger partial charge is 0.329 e. The lowest BCUT2D eigenvalue weighted by Crippen LogP contribution is -2.39. The number of carbonyl (C=O) groups excluding carboxylic acids is 1. The molecule has 4 heteroatoms. The van der Waals surface area contributed by atoms with Crippen LogP contribution in [0.5, 0.6) is 0 Å². The zero-order chi connectivity index (χ0) is 9.07. The van der Waals surface area contributed by atoms with Crippen molar-refractivity contribution in [1.82, 2.24) is 0 Å². The van der Waals surface area contributed by atoms with Crippen molar-refractivity contribution < 1.29 is 9.28 Å². The summed E-state index contributed by atoms with van der Waals surface area (Å²) in [5.74, 6) is 0. The summed E-state index contributed by atoms with van der Waals surface area (Å²) in [5.41, 5.74) is 0. The van der Waals surface area contributed by atoms with Crippen LogP contribution in [-0.2, 0) is 4.79 Å². The molecule has 1 unspecified atom stereocenters. The Hall–Kier alpha value is 0.270. The van der Waals surface area contributed by atoms with E-state index in [1.807, 2.05) is 0 Å². The summed E-state index contributed by atoms with van der Waals surface area (Å²) in [5, 5.41) is 0.0819. The number of nitrogens with zero attached hydrogens (tertiary/aromatic N) is 1. The molecule has 0 saturated carbocycles. The van der Waals surface area contributed by atoms with Gasteiger partial charge in [0.25, 0.3) is 0 Å². The van der Waals surface area contributed by atoms with Crippen molar-refractivity contribution in [1.29, 1.82) is 0 Å². The van der Waals surface area contributed by atoms with Crippen LogP contribution in [0.25, 0.3) is 0 Å². The molecule has 0 saturated heterocycles. The van der Waals surface area contributed by atoms with Gasteiger partial charge in [0.1, 0.15) is 11.3 Å². The number of carbonyl (C=O) groups is 1. The van der Waals surface area contributed by atoms with E-state index in [1.165, 1.54) is 18.7 Å². The highest BCUT2D eigenvalue weighted by Crippen LogP contribution is 2.17. The van der Waals surface area contributed by atoms with Gasteiger partial charge in [-0.05, 0) is 0 Å². The van der Waals surface area contributed by atoms with Crippen molar-refractivity contribution in [2.75, 3.05) is 27.7 Å². The Kier molecular flexibility index (Phi) is 4.44. The normalized spacial score (nSPS) is 14.6. The minimum Gasteiger partial charge on any atom is -0.329 e. The zero-order valence-electron chi connectivity index (χ0n) is 7.43. The molecule has 0 aromatic rings. The van der Waals surface area contributed by atoms with Crippen molar-refractivity contribution >= 4 is 28.5 Å². The summed E-state index contributed by atoms with van der Waals surface area (Å²) in [6.07, 6.45) is 0. The molecule has 0 rings (SSSR count). The lowest BCUT2D eigenvalue weighted by Gasteiger charge is -2.25. The second kappa shape index (κ2) is 4.33. The fourth-order valence-corrected chi connectivity index (χ4v) is 2.32. The van der Waals surface area contributed by atoms with E-state index >= 15 is 0 Å². The minimum atomic E-state index is -0.104. The molecule has 0 aliphatic rings. The first kappa shape index (κ1) is 11.3. The standard InChI is InChI=1S/C7H15ClNOS/c1-6(10)11-7(8)5-9(2,3)4/h7H,5H2,1-4H3/q+1. The number of quaternary nitrogens is 1. The van der Waals surface area contributed by atoms with E-state index in [1.54, 1.807) is 0 Å². The molecule has 0 bridgehead atoms. The summed E-state index contributed by atoms with van der Waals surface area (Å²) in [7, 11) is 6.15. The third-order valence-corrected chi connectivity index (χ3v) is 2.13. The van der Waals surface area contributed by atoms with Crippen LogP contribution < -0.4 is 0 Å². The predicted molar refractivity (Wildman–Crippen MR) is 50.8 cm³/mol. The predicted octanol–water partition coefficient (Wildman–Crippen LogP) is 1.54. The number of alkyl halides is 1. The fourth-order valence-electron chi connectivity index (χ4n) is 0.648. The monoisotopic (exact) mass is 196 g/mol. The maximum Gasteiger partial charge on any atom is 0.187 e. The maximum absolute atomic E-state index is 10.6. The number of halogens is 1. The molecule has 0 aliphatic heterocycles. The third kappa shape index (κ3) is 8.17. The maximum atomic E-state index is 10.6. The summed E-state index contributed by atoms with van der Waals surface area (Å²) in [6.45, 7) is 2.33. The lowest BCUT2D eigenvalue weighted by atomic mass is 10.6. The number of hydrogen-bond acceptors (Lipinski definition) is 2. The molecule has 66 valence electrons. The average molecular weight is 197 g/mol. The van der Waals surface area contributed by atoms with Crippen molar-refractivity contribution in [3.05, 3.63) is 0 Å². The van der Waals surface area contributed by atoms with Gasteiger partial charge < -0.3 is 4.48 Å². The SMILES string of the molecule is CC(=O)SC(Cl)C[N+](C)(C)C. The molecule has 0 aromatic carbocycles. The van der Waals surface area contributed by atoms with Crippen LogP contribution in [0.15, 0.2) is 0 Å². The highest BCUT2D eigenvalue weighted by Gasteiger charge is 2.17. The number of thioether (sulfide) groups is 1. The van der Waals surface area contributed by atoms with Crippen LogP contribution in [0, 0.1) is 0 Å². The van der Waals surface area contributed by atoms with Gasteiger partial charge >= 0.3 is 0 Å². The molecule has 0 spiro atoms. The molecule has 11 heavy (non-hydrogen) atoms. The fraction of sp³-hybridized carbons (Fsp3) is 0.857. The van der Waals surface area contributed by atoms with Crippen molar-refractivity contribution in [2.24, 2.45) is 0 Å². The Morgan fingerprint density at radius 2 is 2.00 bits per heavy atom. The molecule has 0 amide bonds. The van der Waals surface area contributed by atoms with Gasteiger partial charge in [0.2, 0.25) is 0 Å². The van der Waals surface area contributed by atoms with Gasteiger partial charge in [0.05, 0.1) is 21.1 Å². The Labute approximate surface area is 77.5 Å². The molecular weight excluding hydrogens is 182 g/mol. The molecule has 0 aliphatic carbocycles. The molecule has 2 nitrogen and oxygen atoms in total. The van der Waals surface area contributed by atoms with Crippen LogP contribution in [0.1, 0.15) is 6.92 Å². The molecule has 0 aromatic heterocycles. The van der Waals surface area contributed by atoms with Gasteiger partial charge in [0, 0.05) is 6.92 Å². The van der Waals surface area contributed by atoms with Gasteiger partial charge in [-0.15, -0.1) is 11.6 Å². The first-order chi connectivity index (χ1) is 4.81. The van der Waals surface area contributed by atoms with Crippen LogP contribution in [0.2, 0.25) is 0 Å². The second-order valence-corrected chi connectivity index (χ2v) is 5.66. The number of rotatable bonds is 3. The summed E-state index contributed by atoms with van der Waals surface area (Å²) in [6, 6.07) is 0. The highest BCUT2D eigenvalue weighted by molar-refractivity contribution is 8.15. The van der Waals surface area contributed by atoms with E-state index in [4.69, 9.17) is 11.6 Å². The summed E-state index contributed by atoms with van der Waals surface area (Å²) < 4.78 is 0.682. The zero-order valence-corrected chi connectivity index (χ0v) is 9.00. The van der Waals surface area contributed by atoms with E-state index in [0.717, 1.165) is 11.0 Å². The van der Waals surface area contributed by atoms with Gasteiger partial charge in [-0.3, -0.25) is 4.79 Å². The van der Waals surface area contributed by atoms with E-state index < -0.39 is 0 Å². The Morgan fingerprint density at radius 1 is 1.55 bits per heavy atom. The van der Waals surface area contributed by atoms with Crippen molar-refractivity contribution in [3.8, 4) is 0 Å². The first-order valence-corrected chi connectivity index (χ1v) is 4.74. The molecule has 0 radical (unpaired) electrons. The van der Waals surface area contributed by atoms with Crippen LogP contribution in [-0.4, -0.2) is 42.0 Å². The van der Waals surface area contributed by atoms with Gasteiger partial charge in [0.15, 0.2) is 5.12 Å². The Balaban J connectivity index is 3.69. The second-order valence-electron chi connectivity index (χ2n) is 3.49. The smallest absolute Gasteiger partial charge is 0.187 e. The third-order valence-electron chi connectivity index (χ3n) is 0.985. The quantitative estimate of drug-likeness (QED) is 0.503. The van der Waals surface area contributed by atoms with Crippen molar-refractivity contribution in [2.45, 2.75) is 11.6 Å². The molecular formula is C7H15ClNOS+. The van der Waals surface area contributed by atoms with Gasteiger partial charge in [-0.1, -0.05) is 11.8 Å². The van der Waals surface area contributed by atoms with E-state index in [9.17, 15) is 4.79 Å². The van der Waals surface area contributed by atoms with E-state index in [0.29, 0.717) is 0 Å². The van der Waals surface area contributed by atoms with E-state index in [-0.39, 0.29) is 9.82 Å². The van der Waals surface area contributed by atoms with Gasteiger partial charge in [-0.25, -0.2) is 0 Å². The van der Waals surface area contributed by atoms with Gasteiger partial charge in [-0.2, -0.15) is 0 Å². The van der Waals surface area contributed by atoms with Crippen molar-refractivity contribution in [3.63, 3.8) is 0 Å². The summed E-state index contributed by atoms with van der Waals surface area (Å²) in [4.78, 5) is 10.6. The molecule has 1 atom stereocenters. The Bertz CT molecular complexity index is 144. The van der Waals surface area contributed by atoms with Crippen LogP contribution >= 0.6 is 23.4 Å². The highest BCUT2D eigenvalue weighted by atomic mass is 35.5. The summed E-state index contributed by atoms with van der Waals surface area (Å²) >= 11 is 7.08.